The zero-order chi connectivity index (χ0) is 24.0. The van der Waals surface area contributed by atoms with Crippen LogP contribution in [0.3, 0.4) is 0 Å². The van der Waals surface area contributed by atoms with Gasteiger partial charge >= 0.3 is 0 Å². The molecule has 0 bridgehead atoms. The molecule has 0 spiro atoms. The highest BCUT2D eigenvalue weighted by atomic mass is 16.5. The first-order valence-electron chi connectivity index (χ1n) is 11.7. The zero-order valence-corrected chi connectivity index (χ0v) is 19.7. The molecular formula is C28H28N4O3. The van der Waals surface area contributed by atoms with Gasteiger partial charge in [-0.3, -0.25) is 14.7 Å². The molecule has 178 valence electrons. The molecule has 0 unspecified atom stereocenters. The number of nitrogens with zero attached hydrogens (tertiary/aromatic N) is 2. The van der Waals surface area contributed by atoms with Crippen LogP contribution in [-0.2, 0) is 11.3 Å². The van der Waals surface area contributed by atoms with Gasteiger partial charge in [0.1, 0.15) is 12.4 Å². The van der Waals surface area contributed by atoms with Crippen molar-refractivity contribution in [3.05, 3.63) is 95.0 Å². The van der Waals surface area contributed by atoms with Crippen LogP contribution in [0.2, 0.25) is 0 Å². The fourth-order valence-electron chi connectivity index (χ4n) is 4.23. The maximum absolute atomic E-state index is 12.7. The Hall–Kier alpha value is -3.94. The van der Waals surface area contributed by atoms with Crippen molar-refractivity contribution in [2.24, 2.45) is 0 Å². The predicted octanol–water partition coefficient (Wildman–Crippen LogP) is 4.60. The van der Waals surface area contributed by atoms with Crippen molar-refractivity contribution in [2.75, 3.05) is 33.4 Å². The quantitative estimate of drug-likeness (QED) is 0.313. The Morgan fingerprint density at radius 1 is 0.886 bits per heavy atom. The molecule has 0 saturated heterocycles. The van der Waals surface area contributed by atoms with Crippen molar-refractivity contribution in [3.63, 3.8) is 0 Å². The summed E-state index contributed by atoms with van der Waals surface area (Å²) < 4.78 is 11.3. The minimum atomic E-state index is -0.114. The lowest BCUT2D eigenvalue weighted by molar-refractivity contribution is 0.131. The van der Waals surface area contributed by atoms with E-state index >= 15 is 0 Å². The number of aromatic nitrogens is 3. The van der Waals surface area contributed by atoms with E-state index in [0.29, 0.717) is 18.8 Å². The van der Waals surface area contributed by atoms with E-state index < -0.39 is 0 Å². The number of para-hydroxylation sites is 1. The van der Waals surface area contributed by atoms with Gasteiger partial charge in [-0.25, -0.2) is 0 Å². The fraction of sp³-hybridized carbons (Fsp3) is 0.214. The first-order chi connectivity index (χ1) is 17.2. The Labute approximate surface area is 203 Å². The van der Waals surface area contributed by atoms with E-state index in [4.69, 9.17) is 9.47 Å². The molecule has 0 amide bonds. The van der Waals surface area contributed by atoms with Crippen LogP contribution in [0.4, 0.5) is 0 Å². The Balaban J connectivity index is 1.28. The van der Waals surface area contributed by atoms with E-state index in [1.807, 2.05) is 66.9 Å². The maximum atomic E-state index is 12.7. The summed E-state index contributed by atoms with van der Waals surface area (Å²) in [4.78, 5) is 25.5. The van der Waals surface area contributed by atoms with Gasteiger partial charge in [0.05, 0.1) is 17.9 Å². The van der Waals surface area contributed by atoms with Crippen LogP contribution in [0.25, 0.3) is 33.1 Å². The van der Waals surface area contributed by atoms with Crippen LogP contribution in [0.1, 0.15) is 5.56 Å². The van der Waals surface area contributed by atoms with Crippen LogP contribution in [0, 0.1) is 0 Å². The van der Waals surface area contributed by atoms with Gasteiger partial charge in [0.15, 0.2) is 0 Å². The molecular weight excluding hydrogens is 440 g/mol. The number of hydrogen-bond acceptors (Lipinski definition) is 5. The van der Waals surface area contributed by atoms with Gasteiger partial charge in [-0.05, 0) is 53.4 Å². The average molecular weight is 469 g/mol. The van der Waals surface area contributed by atoms with Gasteiger partial charge in [0.2, 0.25) is 0 Å². The minimum Gasteiger partial charge on any atom is -0.492 e. The smallest absolute Gasteiger partial charge is 0.257 e. The second-order valence-corrected chi connectivity index (χ2v) is 8.51. The van der Waals surface area contributed by atoms with E-state index in [9.17, 15) is 4.79 Å². The molecule has 2 N–H and O–H groups in total. The Kier molecular flexibility index (Phi) is 6.88. The van der Waals surface area contributed by atoms with E-state index in [1.54, 1.807) is 13.3 Å². The highest BCUT2D eigenvalue weighted by Crippen LogP contribution is 2.27. The summed E-state index contributed by atoms with van der Waals surface area (Å²) in [5.74, 6) is 0.795. The number of benzene rings is 2. The van der Waals surface area contributed by atoms with Crippen LogP contribution < -0.4 is 10.3 Å². The summed E-state index contributed by atoms with van der Waals surface area (Å²) in [6, 6.07) is 21.7. The summed E-state index contributed by atoms with van der Waals surface area (Å²) in [6.07, 6.45) is 3.67. The molecule has 3 aromatic heterocycles. The summed E-state index contributed by atoms with van der Waals surface area (Å²) in [5, 5.41) is 1.99. The van der Waals surface area contributed by atoms with E-state index in [-0.39, 0.29) is 5.56 Å². The summed E-state index contributed by atoms with van der Waals surface area (Å²) in [5.41, 5.74) is 4.23. The third-order valence-corrected chi connectivity index (χ3v) is 6.05. The number of ether oxygens (including phenoxy) is 2. The van der Waals surface area contributed by atoms with E-state index in [1.165, 1.54) is 0 Å². The lowest BCUT2D eigenvalue weighted by atomic mass is 10.1. The number of pyridine rings is 2. The zero-order valence-electron chi connectivity index (χ0n) is 19.7. The van der Waals surface area contributed by atoms with Crippen LogP contribution in [-0.4, -0.2) is 53.3 Å². The van der Waals surface area contributed by atoms with Gasteiger partial charge < -0.3 is 19.4 Å². The van der Waals surface area contributed by atoms with Gasteiger partial charge in [-0.1, -0.05) is 24.3 Å². The van der Waals surface area contributed by atoms with Crippen LogP contribution in [0.15, 0.2) is 83.9 Å². The van der Waals surface area contributed by atoms with Gasteiger partial charge in [-0.2, -0.15) is 0 Å². The lowest BCUT2D eigenvalue weighted by Gasteiger charge is -2.22. The van der Waals surface area contributed by atoms with Crippen molar-refractivity contribution in [1.82, 2.24) is 19.9 Å². The highest BCUT2D eigenvalue weighted by molar-refractivity contribution is 5.89. The highest BCUT2D eigenvalue weighted by Gasteiger charge is 2.11. The van der Waals surface area contributed by atoms with Crippen molar-refractivity contribution in [2.45, 2.75) is 6.54 Å². The van der Waals surface area contributed by atoms with Gasteiger partial charge in [0, 0.05) is 55.6 Å². The molecule has 7 nitrogen and oxygen atoms in total. The molecule has 0 fully saturated rings. The van der Waals surface area contributed by atoms with Crippen molar-refractivity contribution < 1.29 is 9.47 Å². The number of H-pyrrole nitrogens is 2. The van der Waals surface area contributed by atoms with Crippen LogP contribution in [0.5, 0.6) is 5.75 Å². The number of aromatic amines is 2. The molecule has 0 atom stereocenters. The Morgan fingerprint density at radius 2 is 1.74 bits per heavy atom. The molecule has 0 saturated carbocycles. The van der Waals surface area contributed by atoms with Gasteiger partial charge in [0.25, 0.3) is 5.56 Å². The summed E-state index contributed by atoms with van der Waals surface area (Å²) >= 11 is 0. The summed E-state index contributed by atoms with van der Waals surface area (Å²) in [7, 11) is 1.71. The second kappa shape index (κ2) is 10.5. The first-order valence-corrected chi connectivity index (χ1v) is 11.7. The predicted molar refractivity (Wildman–Crippen MR) is 139 cm³/mol. The molecule has 2 aromatic carbocycles. The molecule has 0 aliphatic heterocycles. The van der Waals surface area contributed by atoms with Crippen molar-refractivity contribution in [1.29, 1.82) is 0 Å². The molecule has 0 aliphatic carbocycles. The number of rotatable bonds is 10. The third kappa shape index (κ3) is 5.42. The number of hydrogen-bond donors (Lipinski definition) is 2. The van der Waals surface area contributed by atoms with Crippen molar-refractivity contribution >= 4 is 21.8 Å². The lowest BCUT2D eigenvalue weighted by Crippen LogP contribution is -2.31. The maximum Gasteiger partial charge on any atom is 0.257 e. The van der Waals surface area contributed by atoms with E-state index in [2.05, 4.69) is 25.9 Å². The molecule has 3 heterocycles. The number of methoxy groups -OCH3 is 1. The number of fused-ring (bicyclic) bond motifs is 2. The summed E-state index contributed by atoms with van der Waals surface area (Å²) in [6.45, 7) is 3.58. The largest absolute Gasteiger partial charge is 0.492 e. The molecule has 5 rings (SSSR count). The third-order valence-electron chi connectivity index (χ3n) is 6.05. The second-order valence-electron chi connectivity index (χ2n) is 8.51. The topological polar surface area (TPSA) is 83.2 Å². The monoisotopic (exact) mass is 468 g/mol. The fourth-order valence-corrected chi connectivity index (χ4v) is 4.23. The Bertz CT molecular complexity index is 1480. The molecule has 35 heavy (non-hydrogen) atoms. The minimum absolute atomic E-state index is 0.114. The van der Waals surface area contributed by atoms with Crippen LogP contribution >= 0.6 is 0 Å². The first kappa shape index (κ1) is 22.8. The standard InChI is InChI=1S/C28H28N4O3/c1-34-13-11-32(19-20-5-4-10-29-18-20)12-14-35-23-8-9-26-22(15-23)17-27(30-26)24-16-21-6-2-3-7-25(21)31-28(24)33/h2-10,15-18,30H,11-14,19H2,1H3,(H,31,33). The molecule has 0 aliphatic rings. The van der Waals surface area contributed by atoms with Gasteiger partial charge in [-0.15, -0.1) is 0 Å². The molecule has 7 heteroatoms. The molecule has 0 radical (unpaired) electrons. The average Bonchev–Trinajstić information content (AvgIpc) is 3.30. The molecule has 5 aromatic rings. The number of nitrogens with one attached hydrogen (secondary N) is 2. The van der Waals surface area contributed by atoms with Crippen molar-refractivity contribution in [3.8, 4) is 17.0 Å². The Morgan fingerprint density at radius 3 is 2.60 bits per heavy atom. The SMILES string of the molecule is COCCN(CCOc1ccc2[nH]c(-c3cc4ccccc4[nH]c3=O)cc2c1)Cc1cccnc1. The van der Waals surface area contributed by atoms with E-state index in [0.717, 1.165) is 58.4 Å². The normalized spacial score (nSPS) is 11.5.